The molecule has 2 unspecified atom stereocenters. The molecule has 3 N–H and O–H groups in total. The van der Waals surface area contributed by atoms with Gasteiger partial charge in [-0.3, -0.25) is 4.79 Å². The third kappa shape index (κ3) is 3.84. The molecule has 0 bridgehead atoms. The third-order valence-electron chi connectivity index (χ3n) is 3.29. The summed E-state index contributed by atoms with van der Waals surface area (Å²) in [7, 11) is 0. The van der Waals surface area contributed by atoms with Gasteiger partial charge in [0, 0.05) is 12.5 Å². The summed E-state index contributed by atoms with van der Waals surface area (Å²) in [6.45, 7) is 8.14. The van der Waals surface area contributed by atoms with Crippen molar-refractivity contribution in [1.29, 1.82) is 0 Å². The zero-order chi connectivity index (χ0) is 13.9. The maximum atomic E-state index is 10.7. The van der Waals surface area contributed by atoms with Gasteiger partial charge in [0.05, 0.1) is 0 Å². The second-order valence-electron chi connectivity index (χ2n) is 5.36. The number of carbonyl (C=O) groups is 1. The molecule has 0 amide bonds. The van der Waals surface area contributed by atoms with Crippen LogP contribution in [0, 0.1) is 26.7 Å². The second-order valence-corrected chi connectivity index (χ2v) is 5.36. The number of benzene rings is 1. The van der Waals surface area contributed by atoms with E-state index in [1.165, 1.54) is 16.7 Å². The lowest BCUT2D eigenvalue weighted by atomic mass is 9.88. The van der Waals surface area contributed by atoms with Crippen LogP contribution < -0.4 is 5.73 Å². The molecule has 0 heterocycles. The molecular weight excluding hydrogens is 226 g/mol. The molecule has 3 heteroatoms. The van der Waals surface area contributed by atoms with E-state index >= 15 is 0 Å². The maximum absolute atomic E-state index is 10.7. The van der Waals surface area contributed by atoms with E-state index in [0.717, 1.165) is 5.56 Å². The summed E-state index contributed by atoms with van der Waals surface area (Å²) >= 11 is 0. The van der Waals surface area contributed by atoms with Crippen LogP contribution in [0.15, 0.2) is 12.1 Å². The first-order chi connectivity index (χ1) is 8.31. The molecule has 0 aliphatic heterocycles. The Balaban J connectivity index is 2.84. The highest BCUT2D eigenvalue weighted by Gasteiger charge is 2.17. The Labute approximate surface area is 109 Å². The van der Waals surface area contributed by atoms with Crippen molar-refractivity contribution in [3.8, 4) is 0 Å². The lowest BCUT2D eigenvalue weighted by Gasteiger charge is -2.21. The minimum atomic E-state index is -0.757. The number of nitrogens with two attached hydrogens (primary N) is 1. The fourth-order valence-electron chi connectivity index (χ4n) is 2.71. The van der Waals surface area contributed by atoms with E-state index in [1.807, 2.05) is 6.92 Å². The normalized spacial score (nSPS) is 14.3. The number of aliphatic carboxylic acids is 1. The van der Waals surface area contributed by atoms with Crippen molar-refractivity contribution in [2.75, 3.05) is 0 Å². The Kier molecular flexibility index (Phi) is 4.91. The summed E-state index contributed by atoms with van der Waals surface area (Å²) in [5.74, 6) is -0.662. The number of aryl methyl sites for hydroxylation is 3. The Morgan fingerprint density at radius 1 is 1.28 bits per heavy atom. The fraction of sp³-hybridized carbons (Fsp3) is 0.533. The minimum absolute atomic E-state index is 0.0834. The van der Waals surface area contributed by atoms with E-state index in [2.05, 4.69) is 32.9 Å². The van der Waals surface area contributed by atoms with Gasteiger partial charge in [-0.1, -0.05) is 24.6 Å². The molecule has 2 atom stereocenters. The molecular formula is C15H23NO2. The van der Waals surface area contributed by atoms with E-state index in [1.54, 1.807) is 0 Å². The van der Waals surface area contributed by atoms with Crippen molar-refractivity contribution in [2.45, 2.75) is 46.6 Å². The van der Waals surface area contributed by atoms with Crippen molar-refractivity contribution in [2.24, 2.45) is 11.7 Å². The van der Waals surface area contributed by atoms with Crippen molar-refractivity contribution in [3.05, 3.63) is 34.4 Å². The van der Waals surface area contributed by atoms with Gasteiger partial charge in [-0.15, -0.1) is 0 Å². The topological polar surface area (TPSA) is 63.3 Å². The number of hydrogen-bond donors (Lipinski definition) is 2. The second kappa shape index (κ2) is 6.01. The summed E-state index contributed by atoms with van der Waals surface area (Å²) in [5, 5.41) is 8.77. The molecule has 18 heavy (non-hydrogen) atoms. The molecule has 0 saturated heterocycles. The van der Waals surface area contributed by atoms with Gasteiger partial charge in [0.2, 0.25) is 0 Å². The molecule has 1 rings (SSSR count). The highest BCUT2D eigenvalue weighted by atomic mass is 16.4. The lowest BCUT2D eigenvalue weighted by Crippen LogP contribution is -2.18. The van der Waals surface area contributed by atoms with E-state index < -0.39 is 5.97 Å². The summed E-state index contributed by atoms with van der Waals surface area (Å²) in [4.78, 5) is 10.7. The van der Waals surface area contributed by atoms with E-state index in [-0.39, 0.29) is 18.4 Å². The number of hydrogen-bond acceptors (Lipinski definition) is 2. The monoisotopic (exact) mass is 249 g/mol. The van der Waals surface area contributed by atoms with Gasteiger partial charge < -0.3 is 10.8 Å². The predicted octanol–water partition coefficient (Wildman–Crippen LogP) is 3.11. The average molecular weight is 249 g/mol. The standard InChI is InChI=1S/C15H23NO2/c1-9-5-11(3)15(12(4)6-9)13(16)7-10(2)8-14(17)18/h5-6,10,13H,7-8,16H2,1-4H3,(H,17,18). The van der Waals surface area contributed by atoms with Crippen molar-refractivity contribution >= 4 is 5.97 Å². The molecule has 1 aromatic carbocycles. The van der Waals surface area contributed by atoms with Gasteiger partial charge in [0.1, 0.15) is 0 Å². The lowest BCUT2D eigenvalue weighted by molar-refractivity contribution is -0.138. The molecule has 0 aliphatic rings. The molecule has 3 nitrogen and oxygen atoms in total. The zero-order valence-corrected chi connectivity index (χ0v) is 11.7. The van der Waals surface area contributed by atoms with Gasteiger partial charge in [-0.25, -0.2) is 0 Å². The van der Waals surface area contributed by atoms with Crippen molar-refractivity contribution in [3.63, 3.8) is 0 Å². The summed E-state index contributed by atoms with van der Waals surface area (Å²) in [6, 6.07) is 4.17. The van der Waals surface area contributed by atoms with Crippen LogP contribution in [0.4, 0.5) is 0 Å². The van der Waals surface area contributed by atoms with E-state index in [0.29, 0.717) is 6.42 Å². The number of rotatable bonds is 5. The Bertz CT molecular complexity index is 417. The quantitative estimate of drug-likeness (QED) is 0.842. The van der Waals surface area contributed by atoms with Gasteiger partial charge in [-0.2, -0.15) is 0 Å². The van der Waals surface area contributed by atoms with Crippen molar-refractivity contribution in [1.82, 2.24) is 0 Å². The number of carboxylic acid groups (broad SMARTS) is 1. The third-order valence-corrected chi connectivity index (χ3v) is 3.29. The Hall–Kier alpha value is -1.35. The van der Waals surface area contributed by atoms with Crippen LogP contribution in [-0.2, 0) is 4.79 Å². The Morgan fingerprint density at radius 2 is 1.78 bits per heavy atom. The molecule has 0 aromatic heterocycles. The summed E-state index contributed by atoms with van der Waals surface area (Å²) in [6.07, 6.45) is 0.884. The van der Waals surface area contributed by atoms with Crippen LogP contribution in [0.2, 0.25) is 0 Å². The smallest absolute Gasteiger partial charge is 0.303 e. The first-order valence-electron chi connectivity index (χ1n) is 6.36. The molecule has 0 spiro atoms. The molecule has 0 aliphatic carbocycles. The van der Waals surface area contributed by atoms with E-state index in [4.69, 9.17) is 10.8 Å². The highest BCUT2D eigenvalue weighted by Crippen LogP contribution is 2.27. The maximum Gasteiger partial charge on any atom is 0.303 e. The molecule has 0 radical (unpaired) electrons. The van der Waals surface area contributed by atoms with Crippen molar-refractivity contribution < 1.29 is 9.90 Å². The largest absolute Gasteiger partial charge is 0.481 e. The van der Waals surface area contributed by atoms with E-state index in [9.17, 15) is 4.79 Å². The highest BCUT2D eigenvalue weighted by molar-refractivity contribution is 5.66. The van der Waals surface area contributed by atoms with Crippen LogP contribution in [0.25, 0.3) is 0 Å². The summed E-state index contributed by atoms with van der Waals surface area (Å²) in [5.41, 5.74) is 11.0. The zero-order valence-electron chi connectivity index (χ0n) is 11.7. The SMILES string of the molecule is Cc1cc(C)c(C(N)CC(C)CC(=O)O)c(C)c1. The molecule has 0 saturated carbocycles. The van der Waals surface area contributed by atoms with Gasteiger partial charge in [0.15, 0.2) is 0 Å². The molecule has 1 aromatic rings. The minimum Gasteiger partial charge on any atom is -0.481 e. The average Bonchev–Trinajstić information content (AvgIpc) is 2.12. The first kappa shape index (κ1) is 14.7. The number of carboxylic acids is 1. The first-order valence-corrected chi connectivity index (χ1v) is 6.36. The van der Waals surface area contributed by atoms with Crippen LogP contribution in [0.1, 0.15) is 48.1 Å². The molecule has 0 fully saturated rings. The molecule has 100 valence electrons. The fourth-order valence-corrected chi connectivity index (χ4v) is 2.71. The summed E-state index contributed by atoms with van der Waals surface area (Å²) < 4.78 is 0. The predicted molar refractivity (Wildman–Crippen MR) is 73.6 cm³/mol. The van der Waals surface area contributed by atoms with Gasteiger partial charge in [0.25, 0.3) is 0 Å². The van der Waals surface area contributed by atoms with Gasteiger partial charge >= 0.3 is 5.97 Å². The Morgan fingerprint density at radius 3 is 2.22 bits per heavy atom. The van der Waals surface area contributed by atoms with Gasteiger partial charge in [-0.05, 0) is 49.8 Å². The van der Waals surface area contributed by atoms with Crippen LogP contribution in [0.5, 0.6) is 0 Å². The van der Waals surface area contributed by atoms with Crippen LogP contribution in [-0.4, -0.2) is 11.1 Å². The van der Waals surface area contributed by atoms with Crippen LogP contribution >= 0.6 is 0 Å². The van der Waals surface area contributed by atoms with Crippen LogP contribution in [0.3, 0.4) is 0 Å².